The zero-order valence-corrected chi connectivity index (χ0v) is 10.8. The van der Waals surface area contributed by atoms with Crippen molar-refractivity contribution in [2.24, 2.45) is 5.92 Å². The minimum absolute atomic E-state index is 0.115. The largest absolute Gasteiger partial charge is 0.393 e. The van der Waals surface area contributed by atoms with E-state index >= 15 is 0 Å². The summed E-state index contributed by atoms with van der Waals surface area (Å²) in [5, 5.41) is 9.76. The second-order valence-electron chi connectivity index (χ2n) is 5.50. The molecule has 2 aliphatic rings. The first-order valence-corrected chi connectivity index (χ1v) is 7.00. The number of fused-ring (bicyclic) bond motifs is 1. The zero-order chi connectivity index (χ0) is 12.4. The summed E-state index contributed by atoms with van der Waals surface area (Å²) in [5.41, 5.74) is 2.86. The van der Waals surface area contributed by atoms with Crippen LogP contribution in [0.1, 0.15) is 31.2 Å². The Morgan fingerprint density at radius 3 is 2.89 bits per heavy atom. The molecule has 0 spiro atoms. The third kappa shape index (κ3) is 2.44. The van der Waals surface area contributed by atoms with Crippen LogP contribution in [0.15, 0.2) is 42.1 Å². The van der Waals surface area contributed by atoms with Crippen molar-refractivity contribution in [1.29, 1.82) is 0 Å². The highest BCUT2D eigenvalue weighted by Gasteiger charge is 2.29. The number of rotatable bonds is 2. The van der Waals surface area contributed by atoms with Gasteiger partial charge in [0.05, 0.1) is 6.10 Å². The third-order valence-electron chi connectivity index (χ3n) is 4.14. The normalized spacial score (nSPS) is 27.6. The van der Waals surface area contributed by atoms with E-state index < -0.39 is 0 Å². The Balaban J connectivity index is 1.75. The fourth-order valence-electron chi connectivity index (χ4n) is 3.25. The number of benzene rings is 1. The van der Waals surface area contributed by atoms with E-state index in [1.807, 2.05) is 0 Å². The van der Waals surface area contributed by atoms with E-state index in [1.165, 1.54) is 24.1 Å². The first-order chi connectivity index (χ1) is 8.83. The molecular weight excluding hydrogens is 222 g/mol. The highest BCUT2D eigenvalue weighted by molar-refractivity contribution is 5.19. The van der Waals surface area contributed by atoms with E-state index in [2.05, 4.69) is 41.3 Å². The Kier molecular flexibility index (Phi) is 3.37. The molecule has 0 bridgehead atoms. The molecule has 0 saturated carbocycles. The summed E-state index contributed by atoms with van der Waals surface area (Å²) in [6.45, 7) is 2.17. The Morgan fingerprint density at radius 2 is 2.06 bits per heavy atom. The van der Waals surface area contributed by atoms with Crippen molar-refractivity contribution in [3.63, 3.8) is 0 Å². The Morgan fingerprint density at radius 1 is 1.22 bits per heavy atom. The van der Waals surface area contributed by atoms with Crippen LogP contribution in [0.5, 0.6) is 0 Å². The van der Waals surface area contributed by atoms with Gasteiger partial charge in [-0.3, -0.25) is 0 Å². The number of piperidine rings is 1. The quantitative estimate of drug-likeness (QED) is 0.863. The van der Waals surface area contributed by atoms with Crippen molar-refractivity contribution in [1.82, 2.24) is 4.90 Å². The standard InChI is InChI=1S/C16H21NO/c18-15-8-9-16-14(11-15)7-4-10-17(16)12-13-5-2-1-3-6-13/h1-3,5-6,9,14-15,18H,4,7-8,10-12H2. The Hall–Kier alpha value is -1.28. The summed E-state index contributed by atoms with van der Waals surface area (Å²) in [6, 6.07) is 10.7. The van der Waals surface area contributed by atoms with Gasteiger partial charge in [-0.1, -0.05) is 36.4 Å². The smallest absolute Gasteiger partial charge is 0.0581 e. The van der Waals surface area contributed by atoms with Gasteiger partial charge in [0, 0.05) is 24.7 Å². The van der Waals surface area contributed by atoms with Crippen molar-refractivity contribution < 1.29 is 5.11 Å². The molecule has 1 saturated heterocycles. The first kappa shape index (κ1) is 11.8. The molecule has 1 aliphatic carbocycles. The number of hydrogen-bond donors (Lipinski definition) is 1. The molecule has 0 radical (unpaired) electrons. The van der Waals surface area contributed by atoms with E-state index in [4.69, 9.17) is 0 Å². The van der Waals surface area contributed by atoms with Crippen LogP contribution in [0.2, 0.25) is 0 Å². The number of aliphatic hydroxyl groups excluding tert-OH is 1. The van der Waals surface area contributed by atoms with Gasteiger partial charge < -0.3 is 10.0 Å². The molecule has 18 heavy (non-hydrogen) atoms. The minimum atomic E-state index is -0.115. The number of aliphatic hydroxyl groups is 1. The lowest BCUT2D eigenvalue weighted by molar-refractivity contribution is 0.111. The molecule has 1 aromatic rings. The maximum Gasteiger partial charge on any atom is 0.0581 e. The van der Waals surface area contributed by atoms with E-state index in [1.54, 1.807) is 0 Å². The average Bonchev–Trinajstić information content (AvgIpc) is 2.40. The van der Waals surface area contributed by atoms with Crippen LogP contribution in [-0.4, -0.2) is 22.7 Å². The van der Waals surface area contributed by atoms with Crippen molar-refractivity contribution >= 4 is 0 Å². The topological polar surface area (TPSA) is 23.5 Å². The molecule has 1 aliphatic heterocycles. The van der Waals surface area contributed by atoms with Crippen LogP contribution in [0, 0.1) is 5.92 Å². The molecule has 1 fully saturated rings. The second-order valence-corrected chi connectivity index (χ2v) is 5.50. The summed E-state index contributed by atoms with van der Waals surface area (Å²) in [6.07, 6.45) is 6.43. The van der Waals surface area contributed by atoms with Gasteiger partial charge in [0.15, 0.2) is 0 Å². The van der Waals surface area contributed by atoms with Gasteiger partial charge in [0.2, 0.25) is 0 Å². The maximum atomic E-state index is 9.76. The van der Waals surface area contributed by atoms with E-state index in [-0.39, 0.29) is 6.10 Å². The fraction of sp³-hybridized carbons (Fsp3) is 0.500. The molecule has 2 heteroatoms. The minimum Gasteiger partial charge on any atom is -0.393 e. The third-order valence-corrected chi connectivity index (χ3v) is 4.14. The van der Waals surface area contributed by atoms with Gasteiger partial charge in [-0.15, -0.1) is 0 Å². The molecule has 2 unspecified atom stereocenters. The number of allylic oxidation sites excluding steroid dienone is 1. The molecule has 0 amide bonds. The van der Waals surface area contributed by atoms with Crippen molar-refractivity contribution in [2.45, 2.75) is 38.3 Å². The lowest BCUT2D eigenvalue weighted by atomic mass is 9.83. The van der Waals surface area contributed by atoms with Crippen molar-refractivity contribution in [2.75, 3.05) is 6.54 Å². The van der Waals surface area contributed by atoms with Crippen molar-refractivity contribution in [3.8, 4) is 0 Å². The van der Waals surface area contributed by atoms with Crippen molar-refractivity contribution in [3.05, 3.63) is 47.7 Å². The molecule has 2 atom stereocenters. The van der Waals surface area contributed by atoms with E-state index in [0.29, 0.717) is 5.92 Å². The lowest BCUT2D eigenvalue weighted by Crippen LogP contribution is -2.36. The van der Waals surface area contributed by atoms with E-state index in [0.717, 1.165) is 25.9 Å². The number of hydrogen-bond acceptors (Lipinski definition) is 2. The number of likely N-dealkylation sites (tertiary alicyclic amines) is 1. The van der Waals surface area contributed by atoms with Gasteiger partial charge in [-0.2, -0.15) is 0 Å². The van der Waals surface area contributed by atoms with Gasteiger partial charge in [-0.25, -0.2) is 0 Å². The predicted molar refractivity (Wildman–Crippen MR) is 72.9 cm³/mol. The van der Waals surface area contributed by atoms with Crippen LogP contribution in [0.4, 0.5) is 0 Å². The Labute approximate surface area is 109 Å². The molecule has 2 nitrogen and oxygen atoms in total. The average molecular weight is 243 g/mol. The van der Waals surface area contributed by atoms with Gasteiger partial charge in [-0.05, 0) is 31.2 Å². The summed E-state index contributed by atoms with van der Waals surface area (Å²) in [7, 11) is 0. The van der Waals surface area contributed by atoms with Gasteiger partial charge in [0.25, 0.3) is 0 Å². The van der Waals surface area contributed by atoms with Crippen LogP contribution < -0.4 is 0 Å². The molecule has 3 rings (SSSR count). The molecule has 96 valence electrons. The predicted octanol–water partition coefficient (Wildman–Crippen LogP) is 2.94. The molecule has 1 heterocycles. The summed E-state index contributed by atoms with van der Waals surface area (Å²) in [5.74, 6) is 0.589. The summed E-state index contributed by atoms with van der Waals surface area (Å²) >= 11 is 0. The second kappa shape index (κ2) is 5.15. The van der Waals surface area contributed by atoms with Gasteiger partial charge in [0.1, 0.15) is 0 Å². The van der Waals surface area contributed by atoms with Gasteiger partial charge >= 0.3 is 0 Å². The summed E-state index contributed by atoms with van der Waals surface area (Å²) in [4.78, 5) is 2.51. The van der Waals surface area contributed by atoms with Crippen LogP contribution in [-0.2, 0) is 6.54 Å². The SMILES string of the molecule is OC1CC=C2C(CCCN2Cc2ccccc2)C1. The highest BCUT2D eigenvalue weighted by atomic mass is 16.3. The van der Waals surface area contributed by atoms with Crippen LogP contribution in [0.3, 0.4) is 0 Å². The fourth-order valence-corrected chi connectivity index (χ4v) is 3.25. The lowest BCUT2D eigenvalue weighted by Gasteiger charge is -2.40. The Bertz CT molecular complexity index is 426. The molecular formula is C16H21NO. The highest BCUT2D eigenvalue weighted by Crippen LogP contribution is 2.35. The molecule has 1 N–H and O–H groups in total. The maximum absolute atomic E-state index is 9.76. The van der Waals surface area contributed by atoms with E-state index in [9.17, 15) is 5.11 Å². The molecule has 1 aromatic carbocycles. The monoisotopic (exact) mass is 243 g/mol. The summed E-state index contributed by atoms with van der Waals surface area (Å²) < 4.78 is 0. The number of nitrogens with zero attached hydrogens (tertiary/aromatic N) is 1. The van der Waals surface area contributed by atoms with Crippen LogP contribution >= 0.6 is 0 Å². The first-order valence-electron chi connectivity index (χ1n) is 7.00. The van der Waals surface area contributed by atoms with Crippen LogP contribution in [0.25, 0.3) is 0 Å². The molecule has 0 aromatic heterocycles. The zero-order valence-electron chi connectivity index (χ0n) is 10.8.